The van der Waals surface area contributed by atoms with Crippen LogP contribution in [0.1, 0.15) is 18.0 Å². The van der Waals surface area contributed by atoms with Crippen molar-refractivity contribution in [1.29, 1.82) is 0 Å². The van der Waals surface area contributed by atoms with Gasteiger partial charge in [-0.05, 0) is 29.8 Å². The van der Waals surface area contributed by atoms with Crippen LogP contribution in [0, 0.1) is 5.82 Å². The molecule has 0 spiro atoms. The molecule has 0 bridgehead atoms. The van der Waals surface area contributed by atoms with Crippen LogP contribution in [0.2, 0.25) is 5.02 Å². The van der Waals surface area contributed by atoms with Gasteiger partial charge >= 0.3 is 0 Å². The van der Waals surface area contributed by atoms with Crippen LogP contribution in [0.15, 0.2) is 48.5 Å². The van der Waals surface area contributed by atoms with E-state index in [1.165, 1.54) is 6.07 Å². The molecule has 1 unspecified atom stereocenters. The Hall–Kier alpha value is -1.95. The summed E-state index contributed by atoms with van der Waals surface area (Å²) in [5.41, 5.74) is 1.55. The van der Waals surface area contributed by atoms with Crippen molar-refractivity contribution in [3.8, 4) is 0 Å². The smallest absolute Gasteiger partial charge is 0.225 e. The number of hydrogen-bond donors (Lipinski definition) is 2. The van der Waals surface area contributed by atoms with Crippen molar-refractivity contribution >= 4 is 23.2 Å². The first-order valence-corrected chi connectivity index (χ1v) is 8.76. The third-order valence-corrected chi connectivity index (χ3v) is 4.69. The zero-order valence-electron chi connectivity index (χ0n) is 13.8. The predicted molar refractivity (Wildman–Crippen MR) is 98.3 cm³/mol. The molecule has 2 aromatic carbocycles. The minimum Gasteiger partial charge on any atom is -0.325 e. The molecule has 0 radical (unpaired) electrons. The lowest BCUT2D eigenvalue weighted by Gasteiger charge is -2.36. The van der Waals surface area contributed by atoms with Gasteiger partial charge in [-0.1, -0.05) is 35.9 Å². The molecule has 1 aliphatic rings. The van der Waals surface area contributed by atoms with Crippen LogP contribution in [0.25, 0.3) is 0 Å². The van der Waals surface area contributed by atoms with E-state index >= 15 is 0 Å². The number of para-hydroxylation sites is 1. The first kappa shape index (κ1) is 17.9. The second kappa shape index (κ2) is 8.43. The molecule has 6 heteroatoms. The highest BCUT2D eigenvalue weighted by Crippen LogP contribution is 2.24. The summed E-state index contributed by atoms with van der Waals surface area (Å²) in [6.45, 7) is 3.03. The van der Waals surface area contributed by atoms with E-state index in [2.05, 4.69) is 15.5 Å². The second-order valence-corrected chi connectivity index (χ2v) is 6.50. The SMILES string of the molecule is O=C(CCN1CCNCC1c1cccc(F)c1)Nc1ccccc1Cl. The zero-order chi connectivity index (χ0) is 17.6. The number of amides is 1. The van der Waals surface area contributed by atoms with Crippen LogP contribution in [0.4, 0.5) is 10.1 Å². The van der Waals surface area contributed by atoms with E-state index in [1.54, 1.807) is 24.3 Å². The highest BCUT2D eigenvalue weighted by Gasteiger charge is 2.24. The van der Waals surface area contributed by atoms with E-state index in [1.807, 2.05) is 18.2 Å². The Kier molecular flexibility index (Phi) is 6.02. The largest absolute Gasteiger partial charge is 0.325 e. The molecule has 1 amide bonds. The Morgan fingerprint density at radius 3 is 2.92 bits per heavy atom. The molecule has 0 aromatic heterocycles. The monoisotopic (exact) mass is 361 g/mol. The Bertz CT molecular complexity index is 740. The Labute approximate surface area is 152 Å². The quantitative estimate of drug-likeness (QED) is 0.857. The average molecular weight is 362 g/mol. The molecule has 2 aromatic rings. The normalized spacial score (nSPS) is 18.1. The Morgan fingerprint density at radius 1 is 1.28 bits per heavy atom. The zero-order valence-corrected chi connectivity index (χ0v) is 14.6. The second-order valence-electron chi connectivity index (χ2n) is 6.09. The van der Waals surface area contributed by atoms with E-state index in [9.17, 15) is 9.18 Å². The maximum Gasteiger partial charge on any atom is 0.225 e. The van der Waals surface area contributed by atoms with Crippen molar-refractivity contribution in [3.63, 3.8) is 0 Å². The summed E-state index contributed by atoms with van der Waals surface area (Å²) in [5.74, 6) is -0.316. The molecule has 25 heavy (non-hydrogen) atoms. The first-order valence-electron chi connectivity index (χ1n) is 8.38. The van der Waals surface area contributed by atoms with Crippen LogP contribution in [0.3, 0.4) is 0 Å². The van der Waals surface area contributed by atoms with E-state index in [0.29, 0.717) is 23.7 Å². The molecule has 2 N–H and O–H groups in total. The number of nitrogens with zero attached hydrogens (tertiary/aromatic N) is 1. The van der Waals surface area contributed by atoms with Crippen molar-refractivity contribution < 1.29 is 9.18 Å². The topological polar surface area (TPSA) is 44.4 Å². The lowest BCUT2D eigenvalue weighted by Crippen LogP contribution is -2.46. The van der Waals surface area contributed by atoms with E-state index in [-0.39, 0.29) is 17.8 Å². The van der Waals surface area contributed by atoms with Crippen LogP contribution in [0.5, 0.6) is 0 Å². The summed E-state index contributed by atoms with van der Waals surface area (Å²) >= 11 is 6.07. The molecule has 0 saturated carbocycles. The van der Waals surface area contributed by atoms with E-state index < -0.39 is 0 Å². The molecule has 4 nitrogen and oxygen atoms in total. The molecule has 1 saturated heterocycles. The van der Waals surface area contributed by atoms with Gasteiger partial charge in [-0.15, -0.1) is 0 Å². The minimum atomic E-state index is -0.237. The summed E-state index contributed by atoms with van der Waals surface area (Å²) < 4.78 is 13.5. The number of nitrogens with one attached hydrogen (secondary N) is 2. The number of halogens is 2. The maximum atomic E-state index is 13.5. The summed E-state index contributed by atoms with van der Waals surface area (Å²) in [4.78, 5) is 14.5. The summed E-state index contributed by atoms with van der Waals surface area (Å²) in [5, 5.41) is 6.70. The van der Waals surface area contributed by atoms with Crippen molar-refractivity contribution in [2.24, 2.45) is 0 Å². The van der Waals surface area contributed by atoms with Crippen LogP contribution in [-0.4, -0.2) is 37.0 Å². The van der Waals surface area contributed by atoms with Gasteiger partial charge in [0, 0.05) is 38.6 Å². The van der Waals surface area contributed by atoms with E-state index in [0.717, 1.165) is 25.2 Å². The molecular weight excluding hydrogens is 341 g/mol. The number of rotatable bonds is 5. The number of hydrogen-bond acceptors (Lipinski definition) is 3. The minimum absolute atomic E-state index is 0.0672. The van der Waals surface area contributed by atoms with Crippen molar-refractivity contribution in [2.75, 3.05) is 31.5 Å². The lowest BCUT2D eigenvalue weighted by molar-refractivity contribution is -0.116. The summed E-state index contributed by atoms with van der Waals surface area (Å²) in [6, 6.07) is 13.9. The van der Waals surface area contributed by atoms with Gasteiger partial charge < -0.3 is 10.6 Å². The molecule has 1 fully saturated rings. The Balaban J connectivity index is 1.60. The van der Waals surface area contributed by atoms with Gasteiger partial charge in [-0.2, -0.15) is 0 Å². The fraction of sp³-hybridized carbons (Fsp3) is 0.316. The first-order chi connectivity index (χ1) is 12.1. The molecule has 0 aliphatic carbocycles. The average Bonchev–Trinajstić information content (AvgIpc) is 2.62. The highest BCUT2D eigenvalue weighted by atomic mass is 35.5. The van der Waals surface area contributed by atoms with Gasteiger partial charge in [0.15, 0.2) is 0 Å². The number of benzene rings is 2. The van der Waals surface area contributed by atoms with Crippen LogP contribution in [-0.2, 0) is 4.79 Å². The van der Waals surface area contributed by atoms with Crippen molar-refractivity contribution in [3.05, 3.63) is 64.9 Å². The summed E-state index contributed by atoms with van der Waals surface area (Å²) in [7, 11) is 0. The van der Waals surface area contributed by atoms with Gasteiger partial charge in [0.05, 0.1) is 10.7 Å². The standard InChI is InChI=1S/C19H21ClFN3O/c20-16-6-1-2-7-17(16)23-19(25)8-10-24-11-9-22-13-18(24)14-4-3-5-15(21)12-14/h1-7,12,18,22H,8-11,13H2,(H,23,25). The molecule has 132 valence electrons. The van der Waals surface area contributed by atoms with Crippen molar-refractivity contribution in [1.82, 2.24) is 10.2 Å². The van der Waals surface area contributed by atoms with Crippen molar-refractivity contribution in [2.45, 2.75) is 12.5 Å². The van der Waals surface area contributed by atoms with Crippen LogP contribution < -0.4 is 10.6 Å². The van der Waals surface area contributed by atoms with Gasteiger partial charge in [0.2, 0.25) is 5.91 Å². The molecule has 3 rings (SSSR count). The number of carbonyl (C=O) groups is 1. The fourth-order valence-electron chi connectivity index (χ4n) is 3.08. The highest BCUT2D eigenvalue weighted by molar-refractivity contribution is 6.33. The maximum absolute atomic E-state index is 13.5. The molecule has 1 heterocycles. The van der Waals surface area contributed by atoms with Gasteiger partial charge in [-0.3, -0.25) is 9.69 Å². The van der Waals surface area contributed by atoms with Gasteiger partial charge in [0.1, 0.15) is 5.82 Å². The molecule has 1 aliphatic heterocycles. The van der Waals surface area contributed by atoms with Gasteiger partial charge in [-0.25, -0.2) is 4.39 Å². The third kappa shape index (κ3) is 4.78. The lowest BCUT2D eigenvalue weighted by atomic mass is 10.0. The van der Waals surface area contributed by atoms with E-state index in [4.69, 9.17) is 11.6 Å². The third-order valence-electron chi connectivity index (χ3n) is 4.36. The fourth-order valence-corrected chi connectivity index (χ4v) is 3.26. The number of anilines is 1. The molecule has 1 atom stereocenters. The number of piperazine rings is 1. The predicted octanol–water partition coefficient (Wildman–Crippen LogP) is 3.45. The Morgan fingerprint density at radius 2 is 2.12 bits per heavy atom. The van der Waals surface area contributed by atoms with Gasteiger partial charge in [0.25, 0.3) is 0 Å². The van der Waals surface area contributed by atoms with Crippen LogP contribution >= 0.6 is 11.6 Å². The molecular formula is C19H21ClFN3O. The number of carbonyl (C=O) groups excluding carboxylic acids is 1. The summed E-state index contributed by atoms with van der Waals surface area (Å²) in [6.07, 6.45) is 0.358.